The number of benzene rings is 1. The molecule has 0 aliphatic rings. The summed E-state index contributed by atoms with van der Waals surface area (Å²) in [6.07, 6.45) is 3.96. The van der Waals surface area contributed by atoms with Crippen LogP contribution in [-0.2, 0) is 4.74 Å². The lowest BCUT2D eigenvalue weighted by atomic mass is 10.1. The Morgan fingerprint density at radius 2 is 2.12 bits per heavy atom. The molecule has 0 saturated carbocycles. The van der Waals surface area contributed by atoms with E-state index in [0.717, 1.165) is 6.20 Å². The standard InChI is InChI=1S/C17H19N3O5/c1-17(2,3)25-16(22)18-8-4-5-11-6-7-13-12(9-11)15(21)14(10-19-13)20(23)24/h4-7,9-10H,8H2,1-3H3,(H,18,22)(H,19,21). The van der Waals surface area contributed by atoms with E-state index in [2.05, 4.69) is 10.3 Å². The van der Waals surface area contributed by atoms with Crippen LogP contribution in [-0.4, -0.2) is 28.1 Å². The smallest absolute Gasteiger partial charge is 0.407 e. The van der Waals surface area contributed by atoms with E-state index in [1.807, 2.05) is 0 Å². The molecule has 2 rings (SSSR count). The van der Waals surface area contributed by atoms with Gasteiger partial charge in [-0.3, -0.25) is 14.9 Å². The minimum atomic E-state index is -0.717. The van der Waals surface area contributed by atoms with Crippen molar-refractivity contribution in [3.8, 4) is 0 Å². The van der Waals surface area contributed by atoms with Crippen LogP contribution in [0.1, 0.15) is 26.3 Å². The summed E-state index contributed by atoms with van der Waals surface area (Å²) in [6, 6.07) is 4.99. The van der Waals surface area contributed by atoms with Crippen LogP contribution in [0.15, 0.2) is 35.3 Å². The number of hydrogen-bond acceptors (Lipinski definition) is 5. The number of rotatable bonds is 4. The molecule has 0 fully saturated rings. The highest BCUT2D eigenvalue weighted by atomic mass is 16.6. The molecule has 1 amide bonds. The Morgan fingerprint density at radius 1 is 1.40 bits per heavy atom. The summed E-state index contributed by atoms with van der Waals surface area (Å²) in [5.74, 6) is 0. The Labute approximate surface area is 143 Å². The highest BCUT2D eigenvalue weighted by molar-refractivity contribution is 5.82. The van der Waals surface area contributed by atoms with Crippen molar-refractivity contribution >= 4 is 28.8 Å². The van der Waals surface area contributed by atoms with E-state index in [1.165, 1.54) is 0 Å². The largest absolute Gasteiger partial charge is 0.444 e. The molecule has 25 heavy (non-hydrogen) atoms. The molecule has 0 aliphatic heterocycles. The van der Waals surface area contributed by atoms with E-state index < -0.39 is 27.7 Å². The third-order valence-corrected chi connectivity index (χ3v) is 3.16. The molecule has 0 aliphatic carbocycles. The number of alkyl carbamates (subject to hydrolysis) is 1. The first kappa shape index (κ1) is 18.2. The minimum Gasteiger partial charge on any atom is -0.444 e. The van der Waals surface area contributed by atoms with E-state index in [1.54, 1.807) is 51.1 Å². The normalized spacial score (nSPS) is 11.6. The van der Waals surface area contributed by atoms with Crippen molar-refractivity contribution in [3.05, 3.63) is 56.4 Å². The average Bonchev–Trinajstić information content (AvgIpc) is 2.50. The van der Waals surface area contributed by atoms with Crippen molar-refractivity contribution in [2.75, 3.05) is 6.54 Å². The van der Waals surface area contributed by atoms with Crippen LogP contribution in [0.4, 0.5) is 10.5 Å². The van der Waals surface area contributed by atoms with E-state index >= 15 is 0 Å². The Morgan fingerprint density at radius 3 is 2.76 bits per heavy atom. The number of carbonyl (C=O) groups excluding carboxylic acids is 1. The number of carbonyl (C=O) groups is 1. The number of nitrogens with zero attached hydrogens (tertiary/aromatic N) is 1. The first-order valence-electron chi connectivity index (χ1n) is 7.60. The summed E-state index contributed by atoms with van der Waals surface area (Å²) in [4.78, 5) is 36.5. The number of nitrogens with one attached hydrogen (secondary N) is 2. The molecule has 0 radical (unpaired) electrons. The summed E-state index contributed by atoms with van der Waals surface area (Å²) >= 11 is 0. The fourth-order valence-electron chi connectivity index (χ4n) is 2.12. The zero-order valence-electron chi connectivity index (χ0n) is 14.2. The molecule has 0 atom stereocenters. The van der Waals surface area contributed by atoms with Gasteiger partial charge in [-0.2, -0.15) is 0 Å². The molecular formula is C17H19N3O5. The van der Waals surface area contributed by atoms with Crippen LogP contribution in [0.25, 0.3) is 17.0 Å². The van der Waals surface area contributed by atoms with Gasteiger partial charge in [0.15, 0.2) is 0 Å². The van der Waals surface area contributed by atoms with E-state index in [9.17, 15) is 19.7 Å². The number of pyridine rings is 1. The van der Waals surface area contributed by atoms with E-state index in [4.69, 9.17) is 4.74 Å². The monoisotopic (exact) mass is 345 g/mol. The van der Waals surface area contributed by atoms with Crippen LogP contribution < -0.4 is 10.7 Å². The molecule has 8 heteroatoms. The van der Waals surface area contributed by atoms with Crippen LogP contribution in [0.3, 0.4) is 0 Å². The van der Waals surface area contributed by atoms with Gasteiger partial charge in [0.25, 0.3) is 5.43 Å². The van der Waals surface area contributed by atoms with Crippen molar-refractivity contribution in [2.45, 2.75) is 26.4 Å². The molecule has 0 saturated heterocycles. The Balaban J connectivity index is 2.11. The van der Waals surface area contributed by atoms with Gasteiger partial charge in [-0.05, 0) is 38.5 Å². The van der Waals surface area contributed by atoms with Crippen molar-refractivity contribution in [1.82, 2.24) is 10.3 Å². The molecule has 2 aromatic rings. The van der Waals surface area contributed by atoms with Crippen LogP contribution in [0.5, 0.6) is 0 Å². The molecule has 8 nitrogen and oxygen atoms in total. The number of amides is 1. The number of H-pyrrole nitrogens is 1. The van der Waals surface area contributed by atoms with Crippen molar-refractivity contribution in [3.63, 3.8) is 0 Å². The first-order valence-corrected chi connectivity index (χ1v) is 7.60. The maximum atomic E-state index is 12.1. The molecular weight excluding hydrogens is 326 g/mol. The molecule has 1 aromatic carbocycles. The number of hydrogen-bond donors (Lipinski definition) is 2. The lowest BCUT2D eigenvalue weighted by Crippen LogP contribution is -2.32. The summed E-state index contributed by atoms with van der Waals surface area (Å²) in [5.41, 5.74) is -0.507. The van der Waals surface area contributed by atoms with Gasteiger partial charge in [0, 0.05) is 12.1 Å². The Kier molecular flexibility index (Phi) is 5.21. The van der Waals surface area contributed by atoms with Gasteiger partial charge < -0.3 is 15.0 Å². The van der Waals surface area contributed by atoms with Gasteiger partial charge in [0.05, 0.1) is 16.5 Å². The molecule has 0 unspecified atom stereocenters. The SMILES string of the molecule is CC(C)(C)OC(=O)NCC=Cc1ccc2[nH]cc([N+](=O)[O-])c(=O)c2c1. The van der Waals surface area contributed by atoms with E-state index in [0.29, 0.717) is 11.1 Å². The van der Waals surface area contributed by atoms with Gasteiger partial charge in [-0.15, -0.1) is 0 Å². The zero-order chi connectivity index (χ0) is 18.6. The summed E-state index contributed by atoms with van der Waals surface area (Å²) in [7, 11) is 0. The average molecular weight is 345 g/mol. The number of aromatic nitrogens is 1. The number of aromatic amines is 1. The van der Waals surface area contributed by atoms with Gasteiger partial charge in [0.2, 0.25) is 0 Å². The van der Waals surface area contributed by atoms with Gasteiger partial charge in [-0.25, -0.2) is 4.79 Å². The molecule has 2 N–H and O–H groups in total. The van der Waals surface area contributed by atoms with Gasteiger partial charge in [-0.1, -0.05) is 18.2 Å². The quantitative estimate of drug-likeness (QED) is 0.653. The lowest BCUT2D eigenvalue weighted by molar-refractivity contribution is -0.386. The number of ether oxygens (including phenoxy) is 1. The second-order valence-electron chi connectivity index (χ2n) is 6.35. The number of nitro groups is 1. The van der Waals surface area contributed by atoms with Crippen molar-refractivity contribution in [2.24, 2.45) is 0 Å². The Hall–Kier alpha value is -3.16. The highest BCUT2D eigenvalue weighted by Gasteiger charge is 2.15. The summed E-state index contributed by atoms with van der Waals surface area (Å²) < 4.78 is 5.11. The topological polar surface area (TPSA) is 114 Å². The predicted molar refractivity (Wildman–Crippen MR) is 94.5 cm³/mol. The minimum absolute atomic E-state index is 0.233. The molecule has 0 spiro atoms. The fourth-order valence-corrected chi connectivity index (χ4v) is 2.12. The highest BCUT2D eigenvalue weighted by Crippen LogP contribution is 2.15. The van der Waals surface area contributed by atoms with Crippen molar-refractivity contribution in [1.29, 1.82) is 0 Å². The van der Waals surface area contributed by atoms with E-state index in [-0.39, 0.29) is 11.9 Å². The van der Waals surface area contributed by atoms with Gasteiger partial charge >= 0.3 is 11.8 Å². The van der Waals surface area contributed by atoms with Crippen LogP contribution in [0.2, 0.25) is 0 Å². The third kappa shape index (κ3) is 4.90. The third-order valence-electron chi connectivity index (χ3n) is 3.16. The van der Waals surface area contributed by atoms with Crippen LogP contribution >= 0.6 is 0 Å². The van der Waals surface area contributed by atoms with Crippen molar-refractivity contribution < 1.29 is 14.5 Å². The molecule has 1 heterocycles. The number of fused-ring (bicyclic) bond motifs is 1. The van der Waals surface area contributed by atoms with Crippen LogP contribution in [0, 0.1) is 10.1 Å². The second kappa shape index (κ2) is 7.16. The first-order chi connectivity index (χ1) is 11.7. The lowest BCUT2D eigenvalue weighted by Gasteiger charge is -2.19. The molecule has 0 bridgehead atoms. The maximum Gasteiger partial charge on any atom is 0.407 e. The Bertz CT molecular complexity index is 893. The summed E-state index contributed by atoms with van der Waals surface area (Å²) in [6.45, 7) is 5.56. The zero-order valence-corrected chi connectivity index (χ0v) is 14.2. The molecule has 1 aromatic heterocycles. The molecule has 132 valence electrons. The fraction of sp³-hybridized carbons (Fsp3) is 0.294. The predicted octanol–water partition coefficient (Wildman–Crippen LogP) is 2.97. The van der Waals surface area contributed by atoms with Gasteiger partial charge in [0.1, 0.15) is 5.60 Å². The summed E-state index contributed by atoms with van der Waals surface area (Å²) in [5, 5.41) is 13.7. The second-order valence-corrected chi connectivity index (χ2v) is 6.35. The maximum absolute atomic E-state index is 12.1.